The van der Waals surface area contributed by atoms with Crippen LogP contribution in [-0.2, 0) is 6.42 Å². The normalized spacial score (nSPS) is 12.8. The molecule has 5 heterocycles. The van der Waals surface area contributed by atoms with E-state index in [0.717, 1.165) is 34.1 Å². The molecule has 9 aromatic rings. The lowest BCUT2D eigenvalue weighted by atomic mass is 9.98. The zero-order chi connectivity index (χ0) is 26.7. The Balaban J connectivity index is 1.34. The highest BCUT2D eigenvalue weighted by Crippen LogP contribution is 2.46. The highest BCUT2D eigenvalue weighted by Gasteiger charge is 2.26. The Morgan fingerprint density at radius 3 is 2.46 bits per heavy atom. The average molecular weight is 524 g/mol. The molecule has 41 heavy (non-hydrogen) atoms. The molecule has 1 aliphatic rings. The quantitative estimate of drug-likeness (QED) is 0.204. The van der Waals surface area contributed by atoms with E-state index in [0.29, 0.717) is 0 Å². The van der Waals surface area contributed by atoms with E-state index in [1.165, 1.54) is 60.5 Å². The smallest absolute Gasteiger partial charge is 0.164 e. The Labute approximate surface area is 234 Å². The van der Waals surface area contributed by atoms with Gasteiger partial charge in [0, 0.05) is 45.8 Å². The first-order chi connectivity index (χ1) is 20.3. The van der Waals surface area contributed by atoms with Gasteiger partial charge in [-0.3, -0.25) is 9.38 Å². The van der Waals surface area contributed by atoms with Crippen molar-refractivity contribution < 1.29 is 0 Å². The lowest BCUT2D eigenvalue weighted by Crippen LogP contribution is -1.96. The van der Waals surface area contributed by atoms with Crippen LogP contribution in [0.3, 0.4) is 0 Å². The fourth-order valence-corrected chi connectivity index (χ4v) is 7.16. The molecule has 1 aliphatic carbocycles. The summed E-state index contributed by atoms with van der Waals surface area (Å²) in [5.74, 6) is 0. The summed E-state index contributed by atoms with van der Waals surface area (Å²) >= 11 is 0. The molecule has 4 aromatic carbocycles. The second-order valence-corrected chi connectivity index (χ2v) is 10.9. The van der Waals surface area contributed by atoms with Crippen molar-refractivity contribution in [1.82, 2.24) is 23.9 Å². The molecular formula is C36H21N5. The summed E-state index contributed by atoms with van der Waals surface area (Å²) in [4.78, 5) is 14.4. The highest BCUT2D eigenvalue weighted by molar-refractivity contribution is 6.17. The minimum atomic E-state index is 0.862. The molecule has 0 radical (unpaired) electrons. The SMILES string of the molecule is c1ccc(-n2c3ccccc3c3cc4c(cc32)-c2ccc3c5cnccc5n5c6ncccc6nc5c3c2C4)cc1. The number of nitrogens with zero attached hydrogens (tertiary/aromatic N) is 5. The van der Waals surface area contributed by atoms with E-state index in [1.54, 1.807) is 0 Å². The van der Waals surface area contributed by atoms with Gasteiger partial charge in [-0.2, -0.15) is 0 Å². The number of benzene rings is 4. The first-order valence-corrected chi connectivity index (χ1v) is 13.9. The minimum absolute atomic E-state index is 0.862. The monoisotopic (exact) mass is 523 g/mol. The second kappa shape index (κ2) is 7.55. The lowest BCUT2D eigenvalue weighted by Gasteiger charge is -2.12. The summed E-state index contributed by atoms with van der Waals surface area (Å²) in [6.45, 7) is 0. The van der Waals surface area contributed by atoms with E-state index in [-0.39, 0.29) is 0 Å². The van der Waals surface area contributed by atoms with Gasteiger partial charge in [0.05, 0.1) is 16.6 Å². The van der Waals surface area contributed by atoms with Crippen molar-refractivity contribution in [3.8, 4) is 16.8 Å². The van der Waals surface area contributed by atoms with Gasteiger partial charge in [0.15, 0.2) is 5.65 Å². The van der Waals surface area contributed by atoms with E-state index in [1.807, 2.05) is 30.7 Å². The van der Waals surface area contributed by atoms with Crippen LogP contribution in [0.5, 0.6) is 0 Å². The molecule has 5 heteroatoms. The van der Waals surface area contributed by atoms with Crippen LogP contribution in [0.4, 0.5) is 0 Å². The topological polar surface area (TPSA) is 48.0 Å². The molecule has 0 saturated carbocycles. The predicted octanol–water partition coefficient (Wildman–Crippen LogP) is 8.25. The Morgan fingerprint density at radius 1 is 0.610 bits per heavy atom. The first-order valence-electron chi connectivity index (χ1n) is 13.9. The van der Waals surface area contributed by atoms with E-state index < -0.39 is 0 Å². The number of hydrogen-bond donors (Lipinski definition) is 0. The van der Waals surface area contributed by atoms with Crippen LogP contribution >= 0.6 is 0 Å². The summed E-state index contributed by atoms with van der Waals surface area (Å²) in [5, 5.41) is 6.06. The molecule has 0 saturated heterocycles. The van der Waals surface area contributed by atoms with Crippen LogP contribution in [0.2, 0.25) is 0 Å². The van der Waals surface area contributed by atoms with Crippen LogP contribution in [-0.4, -0.2) is 23.9 Å². The first kappa shape index (κ1) is 21.3. The van der Waals surface area contributed by atoms with Gasteiger partial charge in [0.2, 0.25) is 0 Å². The molecule has 0 unspecified atom stereocenters. The largest absolute Gasteiger partial charge is 0.309 e. The van der Waals surface area contributed by atoms with Crippen LogP contribution < -0.4 is 0 Å². The summed E-state index contributed by atoms with van der Waals surface area (Å²) < 4.78 is 4.61. The average Bonchev–Trinajstić information content (AvgIpc) is 3.69. The Bertz CT molecular complexity index is 2550. The van der Waals surface area contributed by atoms with Crippen molar-refractivity contribution >= 4 is 60.3 Å². The summed E-state index contributed by atoms with van der Waals surface area (Å²) in [6, 6.07) is 34.9. The molecule has 0 spiro atoms. The van der Waals surface area contributed by atoms with Gasteiger partial charge < -0.3 is 4.57 Å². The van der Waals surface area contributed by atoms with Crippen molar-refractivity contribution in [3.63, 3.8) is 0 Å². The number of aromatic nitrogens is 5. The maximum absolute atomic E-state index is 5.15. The maximum Gasteiger partial charge on any atom is 0.164 e. The Morgan fingerprint density at radius 2 is 1.51 bits per heavy atom. The molecule has 0 amide bonds. The lowest BCUT2D eigenvalue weighted by molar-refractivity contribution is 1.18. The third kappa shape index (κ3) is 2.68. The van der Waals surface area contributed by atoms with Crippen LogP contribution in [0.15, 0.2) is 116 Å². The molecule has 0 bridgehead atoms. The third-order valence-electron chi connectivity index (χ3n) is 8.85. The number of fused-ring (bicyclic) bond motifs is 15. The zero-order valence-electron chi connectivity index (χ0n) is 21.9. The molecule has 0 atom stereocenters. The number of hydrogen-bond acceptors (Lipinski definition) is 3. The summed E-state index contributed by atoms with van der Waals surface area (Å²) in [5.41, 5.74) is 12.7. The maximum atomic E-state index is 5.15. The molecule has 5 aromatic heterocycles. The highest BCUT2D eigenvalue weighted by atomic mass is 15.1. The van der Waals surface area contributed by atoms with Crippen LogP contribution in [0.1, 0.15) is 11.1 Å². The molecule has 0 fully saturated rings. The van der Waals surface area contributed by atoms with Gasteiger partial charge in [-0.15, -0.1) is 0 Å². The van der Waals surface area contributed by atoms with Gasteiger partial charge in [-0.25, -0.2) is 9.97 Å². The van der Waals surface area contributed by atoms with Crippen molar-refractivity contribution in [2.24, 2.45) is 0 Å². The van der Waals surface area contributed by atoms with E-state index in [4.69, 9.17) is 9.97 Å². The van der Waals surface area contributed by atoms with Gasteiger partial charge in [-0.05, 0) is 82.6 Å². The Kier molecular flexibility index (Phi) is 3.92. The summed E-state index contributed by atoms with van der Waals surface area (Å²) in [6.07, 6.45) is 6.53. The number of pyridine rings is 3. The van der Waals surface area contributed by atoms with Crippen molar-refractivity contribution in [1.29, 1.82) is 0 Å². The second-order valence-electron chi connectivity index (χ2n) is 10.9. The van der Waals surface area contributed by atoms with Gasteiger partial charge in [-0.1, -0.05) is 48.5 Å². The molecular weight excluding hydrogens is 502 g/mol. The number of para-hydroxylation sites is 2. The molecule has 0 N–H and O–H groups in total. The summed E-state index contributed by atoms with van der Waals surface area (Å²) in [7, 11) is 0. The minimum Gasteiger partial charge on any atom is -0.309 e. The fourth-order valence-electron chi connectivity index (χ4n) is 7.16. The third-order valence-corrected chi connectivity index (χ3v) is 8.85. The molecule has 190 valence electrons. The van der Waals surface area contributed by atoms with Gasteiger partial charge in [0.25, 0.3) is 0 Å². The van der Waals surface area contributed by atoms with Gasteiger partial charge in [0.1, 0.15) is 11.2 Å². The van der Waals surface area contributed by atoms with E-state index in [9.17, 15) is 0 Å². The standard InChI is InChI=1S/C36H21N5/c1-2-7-22(8-3-1)40-31-11-5-4-9-24(31)27-17-21-18-28-23(26(21)19-33(27)40)12-13-25-29-20-37-16-14-32(29)41-35-30(10-6-15-38-35)39-36(41)34(25)28/h1-17,19-20H,18H2. The van der Waals surface area contributed by atoms with Crippen molar-refractivity contribution in [2.45, 2.75) is 6.42 Å². The number of imidazole rings is 1. The van der Waals surface area contributed by atoms with E-state index >= 15 is 0 Å². The Hall–Kier alpha value is -5.55. The molecule has 5 nitrogen and oxygen atoms in total. The van der Waals surface area contributed by atoms with Crippen molar-refractivity contribution in [2.75, 3.05) is 0 Å². The van der Waals surface area contributed by atoms with Crippen LogP contribution in [0, 0.1) is 0 Å². The molecule has 0 aliphatic heterocycles. The predicted molar refractivity (Wildman–Crippen MR) is 166 cm³/mol. The number of rotatable bonds is 1. The van der Waals surface area contributed by atoms with Crippen molar-refractivity contribution in [3.05, 3.63) is 127 Å². The van der Waals surface area contributed by atoms with Gasteiger partial charge >= 0.3 is 0 Å². The molecule has 10 rings (SSSR count). The van der Waals surface area contributed by atoms with Crippen LogP contribution in [0.25, 0.3) is 77.1 Å². The fraction of sp³-hybridized carbons (Fsp3) is 0.0278. The van der Waals surface area contributed by atoms with E-state index in [2.05, 4.69) is 98.9 Å². The zero-order valence-corrected chi connectivity index (χ0v) is 21.9.